The Morgan fingerprint density at radius 1 is 1.15 bits per heavy atom. The van der Waals surface area contributed by atoms with Gasteiger partial charge in [-0.15, -0.1) is 0 Å². The van der Waals surface area contributed by atoms with Crippen LogP contribution in [0.3, 0.4) is 0 Å². The van der Waals surface area contributed by atoms with Crippen molar-refractivity contribution in [1.82, 2.24) is 0 Å². The predicted molar refractivity (Wildman–Crippen MR) is 103 cm³/mol. The highest BCUT2D eigenvalue weighted by molar-refractivity contribution is 5.94. The van der Waals surface area contributed by atoms with E-state index in [9.17, 15) is 14.7 Å². The fraction of sp³-hybridized carbons (Fsp3) is 0.818. The van der Waals surface area contributed by atoms with Crippen molar-refractivity contribution in [3.8, 4) is 0 Å². The number of hydrogen-bond acceptors (Lipinski definition) is 3. The number of carbonyl (C=O) groups is 2. The molecule has 5 atom stereocenters. The van der Waals surface area contributed by atoms with Gasteiger partial charge < -0.3 is 10.2 Å². The molecule has 0 aliphatic heterocycles. The average Bonchev–Trinajstić information content (AvgIpc) is 3.28. The van der Waals surface area contributed by atoms with Gasteiger partial charge in [0.1, 0.15) is 0 Å². The molecule has 1 fully saturated rings. The van der Waals surface area contributed by atoms with Crippen LogP contribution in [0.4, 0.5) is 0 Å². The van der Waals surface area contributed by atoms with E-state index < -0.39 is 11.6 Å². The molecule has 2 N–H and O–H groups in total. The highest BCUT2D eigenvalue weighted by Gasteiger charge is 2.42. The number of aliphatic carboxylic acids is 1. The SMILES string of the molecule is CCCCC[C@@](C)(O)CC[C@H]1C=CC(=O)[C@@H]1CCCC[C@@H]1C[C@H]1C(=O)O. The van der Waals surface area contributed by atoms with Crippen LogP contribution in [-0.4, -0.2) is 27.6 Å². The van der Waals surface area contributed by atoms with Gasteiger partial charge in [-0.1, -0.05) is 45.1 Å². The molecule has 4 nitrogen and oxygen atoms in total. The van der Waals surface area contributed by atoms with E-state index in [2.05, 4.69) is 6.92 Å². The molecule has 1 saturated carbocycles. The Balaban J connectivity index is 1.67. The van der Waals surface area contributed by atoms with E-state index in [1.807, 2.05) is 13.0 Å². The first-order valence-electron chi connectivity index (χ1n) is 10.5. The Labute approximate surface area is 158 Å². The highest BCUT2D eigenvalue weighted by Crippen LogP contribution is 2.43. The summed E-state index contributed by atoms with van der Waals surface area (Å²) in [6, 6.07) is 0. The van der Waals surface area contributed by atoms with Crippen LogP contribution in [0.5, 0.6) is 0 Å². The van der Waals surface area contributed by atoms with Crippen LogP contribution in [0.25, 0.3) is 0 Å². The summed E-state index contributed by atoms with van der Waals surface area (Å²) in [5, 5.41) is 19.5. The summed E-state index contributed by atoms with van der Waals surface area (Å²) in [5.41, 5.74) is -0.628. The fourth-order valence-electron chi connectivity index (χ4n) is 4.34. The average molecular weight is 365 g/mol. The molecule has 0 radical (unpaired) electrons. The summed E-state index contributed by atoms with van der Waals surface area (Å²) in [5.74, 6) is 0.141. The lowest BCUT2D eigenvalue weighted by Gasteiger charge is -2.26. The van der Waals surface area contributed by atoms with Crippen molar-refractivity contribution in [3.05, 3.63) is 12.2 Å². The number of carboxylic acids is 1. The van der Waals surface area contributed by atoms with Gasteiger partial charge in [0, 0.05) is 5.92 Å². The minimum absolute atomic E-state index is 0.0657. The van der Waals surface area contributed by atoms with E-state index in [0.717, 1.165) is 70.6 Å². The molecule has 2 aliphatic carbocycles. The van der Waals surface area contributed by atoms with Crippen molar-refractivity contribution in [1.29, 1.82) is 0 Å². The zero-order valence-corrected chi connectivity index (χ0v) is 16.5. The Morgan fingerprint density at radius 2 is 1.88 bits per heavy atom. The van der Waals surface area contributed by atoms with Crippen LogP contribution in [0.1, 0.15) is 84.5 Å². The summed E-state index contributed by atoms with van der Waals surface area (Å²) in [6.07, 6.45) is 14.3. The van der Waals surface area contributed by atoms with Gasteiger partial charge in [0.05, 0.1) is 11.5 Å². The largest absolute Gasteiger partial charge is 0.481 e. The Hall–Kier alpha value is -1.16. The van der Waals surface area contributed by atoms with Crippen molar-refractivity contribution in [2.24, 2.45) is 23.7 Å². The second-order valence-electron chi connectivity index (χ2n) is 8.75. The summed E-state index contributed by atoms with van der Waals surface area (Å²) >= 11 is 0. The van der Waals surface area contributed by atoms with Gasteiger partial charge >= 0.3 is 5.97 Å². The molecule has 2 rings (SSSR count). The van der Waals surface area contributed by atoms with Gasteiger partial charge in [0.15, 0.2) is 5.78 Å². The predicted octanol–water partition coefficient (Wildman–Crippen LogP) is 4.75. The molecule has 0 spiro atoms. The number of ketones is 1. The molecule has 0 heterocycles. The maximum Gasteiger partial charge on any atom is 0.306 e. The quantitative estimate of drug-likeness (QED) is 0.462. The number of hydrogen-bond donors (Lipinski definition) is 2. The van der Waals surface area contributed by atoms with Gasteiger partial charge in [-0.25, -0.2) is 0 Å². The summed E-state index contributed by atoms with van der Waals surface area (Å²) in [4.78, 5) is 23.0. The Bertz CT molecular complexity index is 508. The number of rotatable bonds is 13. The van der Waals surface area contributed by atoms with E-state index in [1.165, 1.54) is 0 Å². The molecule has 0 unspecified atom stereocenters. The van der Waals surface area contributed by atoms with Crippen molar-refractivity contribution in [2.45, 2.75) is 90.1 Å². The zero-order valence-electron chi connectivity index (χ0n) is 16.5. The van der Waals surface area contributed by atoms with Crippen LogP contribution in [0, 0.1) is 23.7 Å². The van der Waals surface area contributed by atoms with Gasteiger partial charge in [0.25, 0.3) is 0 Å². The number of carboxylic acid groups (broad SMARTS) is 1. The van der Waals surface area contributed by atoms with E-state index in [4.69, 9.17) is 5.11 Å². The smallest absolute Gasteiger partial charge is 0.306 e. The van der Waals surface area contributed by atoms with E-state index in [0.29, 0.717) is 5.92 Å². The van der Waals surface area contributed by atoms with Gasteiger partial charge in [-0.2, -0.15) is 0 Å². The molecule has 26 heavy (non-hydrogen) atoms. The molecule has 2 aliphatic rings. The fourth-order valence-corrected chi connectivity index (χ4v) is 4.34. The van der Waals surface area contributed by atoms with Crippen LogP contribution in [0.15, 0.2) is 12.2 Å². The second-order valence-corrected chi connectivity index (χ2v) is 8.75. The lowest BCUT2D eigenvalue weighted by molar-refractivity contribution is -0.138. The third kappa shape index (κ3) is 6.53. The molecule has 0 aromatic carbocycles. The minimum Gasteiger partial charge on any atom is -0.481 e. The van der Waals surface area contributed by atoms with Crippen LogP contribution in [0.2, 0.25) is 0 Å². The van der Waals surface area contributed by atoms with Crippen molar-refractivity contribution >= 4 is 11.8 Å². The molecule has 0 amide bonds. The van der Waals surface area contributed by atoms with Crippen molar-refractivity contribution < 1.29 is 19.8 Å². The molecule has 0 aromatic heterocycles. The van der Waals surface area contributed by atoms with E-state index in [-0.39, 0.29) is 23.5 Å². The van der Waals surface area contributed by atoms with Gasteiger partial charge in [-0.05, 0) is 63.4 Å². The maximum absolute atomic E-state index is 12.2. The van der Waals surface area contributed by atoms with E-state index >= 15 is 0 Å². The zero-order chi connectivity index (χ0) is 19.2. The van der Waals surface area contributed by atoms with Gasteiger partial charge in [-0.3, -0.25) is 9.59 Å². The summed E-state index contributed by atoms with van der Waals surface area (Å²) < 4.78 is 0. The van der Waals surface area contributed by atoms with Crippen LogP contribution < -0.4 is 0 Å². The monoisotopic (exact) mass is 364 g/mol. The molecule has 0 bridgehead atoms. The lowest BCUT2D eigenvalue weighted by atomic mass is 9.82. The first-order valence-corrected chi connectivity index (χ1v) is 10.5. The molecular weight excluding hydrogens is 328 g/mol. The number of unbranched alkanes of at least 4 members (excludes halogenated alkanes) is 3. The standard InChI is InChI=1S/C22H36O4/c1-3-4-7-13-22(2,26)14-12-16-10-11-20(23)18(16)9-6-5-8-17-15-19(17)21(24)25/h10-11,16-19,26H,3-9,12-15H2,1-2H3,(H,24,25)/t16-,17-,18-,19-,22-/m1/s1. The maximum atomic E-state index is 12.2. The topological polar surface area (TPSA) is 74.6 Å². The number of allylic oxidation sites excluding steroid dienone is 2. The van der Waals surface area contributed by atoms with Gasteiger partial charge in [0.2, 0.25) is 0 Å². The van der Waals surface area contributed by atoms with Crippen LogP contribution >= 0.6 is 0 Å². The second kappa shape index (κ2) is 9.68. The Morgan fingerprint density at radius 3 is 2.54 bits per heavy atom. The summed E-state index contributed by atoms with van der Waals surface area (Å²) in [7, 11) is 0. The summed E-state index contributed by atoms with van der Waals surface area (Å²) in [6.45, 7) is 4.09. The normalized spacial score (nSPS) is 29.7. The molecule has 4 heteroatoms. The van der Waals surface area contributed by atoms with Crippen molar-refractivity contribution in [2.75, 3.05) is 0 Å². The van der Waals surface area contributed by atoms with E-state index in [1.54, 1.807) is 6.08 Å². The molecule has 0 saturated heterocycles. The number of aliphatic hydroxyl groups is 1. The molecule has 148 valence electrons. The third-order valence-electron chi connectivity index (χ3n) is 6.30. The lowest BCUT2D eigenvalue weighted by Crippen LogP contribution is -2.26. The third-order valence-corrected chi connectivity index (χ3v) is 6.30. The Kier molecular flexibility index (Phi) is 7.87. The van der Waals surface area contributed by atoms with Crippen LogP contribution in [-0.2, 0) is 9.59 Å². The number of carbonyl (C=O) groups excluding carboxylic acids is 1. The molecule has 0 aromatic rings. The first-order chi connectivity index (χ1) is 12.3. The minimum atomic E-state index is -0.656. The van der Waals surface area contributed by atoms with Crippen molar-refractivity contribution in [3.63, 3.8) is 0 Å². The highest BCUT2D eigenvalue weighted by atomic mass is 16.4. The molecular formula is C22H36O4. The first kappa shape index (κ1) is 21.1.